The van der Waals surface area contributed by atoms with E-state index in [9.17, 15) is 13.2 Å². The molecule has 0 fully saturated rings. The molecular formula is C11H12BrF3O. The number of aliphatic hydroxyl groups excluding tert-OH is 1. The summed E-state index contributed by atoms with van der Waals surface area (Å²) in [6, 6.07) is 3.68. The number of halogens is 4. The smallest absolute Gasteiger partial charge is 0.395 e. The third-order valence-corrected chi connectivity index (χ3v) is 2.86. The molecule has 5 heteroatoms. The third-order valence-electron chi connectivity index (χ3n) is 2.40. The largest absolute Gasteiger partial charge is 0.416 e. The quantitative estimate of drug-likeness (QED) is 0.881. The zero-order chi connectivity index (χ0) is 12.6. The van der Waals surface area contributed by atoms with Gasteiger partial charge >= 0.3 is 6.18 Å². The van der Waals surface area contributed by atoms with Crippen molar-refractivity contribution in [2.24, 2.45) is 0 Å². The Morgan fingerprint density at radius 1 is 1.12 bits per heavy atom. The molecule has 0 saturated heterocycles. The predicted molar refractivity (Wildman–Crippen MR) is 59.3 cm³/mol. The number of hydrogen-bond acceptors (Lipinski definition) is 1. The summed E-state index contributed by atoms with van der Waals surface area (Å²) in [6.45, 7) is 3.17. The molecule has 0 spiro atoms. The Balaban J connectivity index is 3.29. The minimum Gasteiger partial charge on any atom is -0.395 e. The van der Waals surface area contributed by atoms with E-state index in [1.165, 1.54) is 0 Å². The van der Waals surface area contributed by atoms with Gasteiger partial charge in [-0.3, -0.25) is 0 Å². The minimum absolute atomic E-state index is 0.208. The second-order valence-corrected chi connectivity index (χ2v) is 5.18. The summed E-state index contributed by atoms with van der Waals surface area (Å²) in [7, 11) is 0. The van der Waals surface area contributed by atoms with E-state index in [0.29, 0.717) is 10.0 Å². The van der Waals surface area contributed by atoms with Crippen LogP contribution < -0.4 is 0 Å². The Kier molecular flexibility index (Phi) is 3.69. The zero-order valence-electron chi connectivity index (χ0n) is 8.90. The van der Waals surface area contributed by atoms with Gasteiger partial charge < -0.3 is 5.11 Å². The zero-order valence-corrected chi connectivity index (χ0v) is 10.5. The van der Waals surface area contributed by atoms with Gasteiger partial charge in [-0.25, -0.2) is 0 Å². The van der Waals surface area contributed by atoms with Gasteiger partial charge in [-0.05, 0) is 23.8 Å². The van der Waals surface area contributed by atoms with Gasteiger partial charge in [0.05, 0.1) is 12.2 Å². The molecule has 0 aliphatic carbocycles. The van der Waals surface area contributed by atoms with Gasteiger partial charge in [0, 0.05) is 9.89 Å². The van der Waals surface area contributed by atoms with Crippen LogP contribution in [0.1, 0.15) is 25.0 Å². The molecule has 0 saturated carbocycles. The lowest BCUT2D eigenvalue weighted by Crippen LogP contribution is -2.23. The van der Waals surface area contributed by atoms with Crippen molar-refractivity contribution in [3.8, 4) is 0 Å². The van der Waals surface area contributed by atoms with Crippen LogP contribution >= 0.6 is 15.9 Å². The van der Waals surface area contributed by atoms with Crippen molar-refractivity contribution in [2.75, 3.05) is 6.61 Å². The lowest BCUT2D eigenvalue weighted by Gasteiger charge is -2.23. The molecule has 1 rings (SSSR count). The molecule has 0 aliphatic rings. The second-order valence-electron chi connectivity index (χ2n) is 4.27. The number of alkyl halides is 3. The Labute approximate surface area is 100 Å². The van der Waals surface area contributed by atoms with E-state index in [4.69, 9.17) is 5.11 Å². The maximum atomic E-state index is 12.6. The fourth-order valence-electron chi connectivity index (χ4n) is 1.24. The van der Waals surface area contributed by atoms with Crippen LogP contribution in [0.3, 0.4) is 0 Å². The molecular weight excluding hydrogens is 285 g/mol. The molecule has 1 aromatic carbocycles. The maximum absolute atomic E-state index is 12.6. The van der Waals surface area contributed by atoms with Crippen LogP contribution in [0.2, 0.25) is 0 Å². The van der Waals surface area contributed by atoms with E-state index in [1.54, 1.807) is 19.9 Å². The lowest BCUT2D eigenvalue weighted by atomic mass is 9.85. The topological polar surface area (TPSA) is 20.2 Å². The first-order valence-electron chi connectivity index (χ1n) is 4.66. The van der Waals surface area contributed by atoms with Gasteiger partial charge in [0.1, 0.15) is 0 Å². The van der Waals surface area contributed by atoms with Crippen LogP contribution in [-0.4, -0.2) is 11.7 Å². The first kappa shape index (κ1) is 13.5. The molecule has 16 heavy (non-hydrogen) atoms. The van der Waals surface area contributed by atoms with Crippen molar-refractivity contribution in [3.05, 3.63) is 33.8 Å². The summed E-state index contributed by atoms with van der Waals surface area (Å²) < 4.78 is 38.0. The van der Waals surface area contributed by atoms with Crippen LogP contribution in [0.4, 0.5) is 13.2 Å². The molecule has 1 nitrogen and oxygen atoms in total. The number of aliphatic hydroxyl groups is 1. The van der Waals surface area contributed by atoms with Crippen molar-refractivity contribution < 1.29 is 18.3 Å². The minimum atomic E-state index is -4.37. The Bertz CT molecular complexity index is 385. The van der Waals surface area contributed by atoms with Crippen molar-refractivity contribution in [2.45, 2.75) is 25.4 Å². The summed E-state index contributed by atoms with van der Waals surface area (Å²) in [5.74, 6) is 0. The molecule has 0 aliphatic heterocycles. The molecule has 0 unspecified atom stereocenters. The van der Waals surface area contributed by atoms with Crippen LogP contribution in [0.25, 0.3) is 0 Å². The lowest BCUT2D eigenvalue weighted by molar-refractivity contribution is -0.137. The van der Waals surface area contributed by atoms with E-state index in [2.05, 4.69) is 15.9 Å². The summed E-state index contributed by atoms with van der Waals surface area (Å²) in [5.41, 5.74) is -0.945. The first-order chi connectivity index (χ1) is 7.16. The van der Waals surface area contributed by atoms with Crippen LogP contribution in [0, 0.1) is 0 Å². The number of benzene rings is 1. The molecule has 0 heterocycles. The van der Waals surface area contributed by atoms with E-state index in [0.717, 1.165) is 12.1 Å². The highest BCUT2D eigenvalue weighted by Gasteiger charge is 2.32. The van der Waals surface area contributed by atoms with E-state index in [1.807, 2.05) is 0 Å². The average Bonchev–Trinajstić information content (AvgIpc) is 2.15. The maximum Gasteiger partial charge on any atom is 0.416 e. The van der Waals surface area contributed by atoms with Crippen LogP contribution in [-0.2, 0) is 11.6 Å². The Morgan fingerprint density at radius 3 is 2.06 bits per heavy atom. The predicted octanol–water partition coefficient (Wildman–Crippen LogP) is 3.74. The van der Waals surface area contributed by atoms with Gasteiger partial charge in [-0.2, -0.15) is 13.2 Å². The molecule has 0 aromatic heterocycles. The second kappa shape index (κ2) is 4.37. The SMILES string of the molecule is CC(C)(CO)c1cc(Br)cc(C(F)(F)F)c1. The van der Waals surface area contributed by atoms with E-state index < -0.39 is 17.2 Å². The fraction of sp³-hybridized carbons (Fsp3) is 0.455. The standard InChI is InChI=1S/C11H12BrF3O/c1-10(2,6-16)7-3-8(11(13,14)15)5-9(12)4-7/h3-5,16H,6H2,1-2H3. The summed E-state index contributed by atoms with van der Waals surface area (Å²) >= 11 is 3.05. The van der Waals surface area contributed by atoms with Crippen molar-refractivity contribution in [1.29, 1.82) is 0 Å². The first-order valence-corrected chi connectivity index (χ1v) is 5.45. The van der Waals surface area contributed by atoms with Gasteiger partial charge in [0.25, 0.3) is 0 Å². The average molecular weight is 297 g/mol. The van der Waals surface area contributed by atoms with Crippen LogP contribution in [0.5, 0.6) is 0 Å². The van der Waals surface area contributed by atoms with Crippen molar-refractivity contribution in [1.82, 2.24) is 0 Å². The molecule has 1 N–H and O–H groups in total. The Hall–Kier alpha value is -0.550. The summed E-state index contributed by atoms with van der Waals surface area (Å²) in [5, 5.41) is 9.14. The highest BCUT2D eigenvalue weighted by Crippen LogP contribution is 2.35. The van der Waals surface area contributed by atoms with Crippen LogP contribution in [0.15, 0.2) is 22.7 Å². The third kappa shape index (κ3) is 2.98. The van der Waals surface area contributed by atoms with Gasteiger partial charge in [0.15, 0.2) is 0 Å². The molecule has 1 aromatic rings. The van der Waals surface area contributed by atoms with E-state index >= 15 is 0 Å². The van der Waals surface area contributed by atoms with E-state index in [-0.39, 0.29) is 6.61 Å². The normalized spacial score (nSPS) is 12.9. The van der Waals surface area contributed by atoms with Crippen molar-refractivity contribution in [3.63, 3.8) is 0 Å². The monoisotopic (exact) mass is 296 g/mol. The Morgan fingerprint density at radius 2 is 1.62 bits per heavy atom. The van der Waals surface area contributed by atoms with Gasteiger partial charge in [0.2, 0.25) is 0 Å². The van der Waals surface area contributed by atoms with Gasteiger partial charge in [-0.1, -0.05) is 29.8 Å². The number of rotatable bonds is 2. The van der Waals surface area contributed by atoms with Crippen molar-refractivity contribution >= 4 is 15.9 Å². The molecule has 0 radical (unpaired) electrons. The summed E-state index contributed by atoms with van der Waals surface area (Å²) in [6.07, 6.45) is -4.37. The molecule has 0 bridgehead atoms. The molecule has 90 valence electrons. The highest BCUT2D eigenvalue weighted by molar-refractivity contribution is 9.10. The number of hydrogen-bond donors (Lipinski definition) is 1. The fourth-order valence-corrected chi connectivity index (χ4v) is 1.73. The molecule has 0 atom stereocenters. The molecule has 0 amide bonds. The highest BCUT2D eigenvalue weighted by atomic mass is 79.9. The summed E-state index contributed by atoms with van der Waals surface area (Å²) in [4.78, 5) is 0. The van der Waals surface area contributed by atoms with Gasteiger partial charge in [-0.15, -0.1) is 0 Å².